The first-order chi connectivity index (χ1) is 7.43. The highest BCUT2D eigenvalue weighted by atomic mass is 19.4. The van der Waals surface area contributed by atoms with E-state index < -0.39 is 18.0 Å². The van der Waals surface area contributed by atoms with Crippen molar-refractivity contribution in [1.82, 2.24) is 9.97 Å². The van der Waals surface area contributed by atoms with Crippen molar-refractivity contribution in [3.8, 4) is 0 Å². The summed E-state index contributed by atoms with van der Waals surface area (Å²) in [6, 6.07) is 0. The van der Waals surface area contributed by atoms with Gasteiger partial charge in [-0.05, 0) is 12.5 Å². The number of hydrogen-bond donors (Lipinski definition) is 0. The van der Waals surface area contributed by atoms with Crippen LogP contribution < -0.4 is 0 Å². The minimum Gasteiger partial charge on any atom is -0.466 e. The van der Waals surface area contributed by atoms with Gasteiger partial charge in [0, 0.05) is 12.4 Å². The van der Waals surface area contributed by atoms with Gasteiger partial charge in [0.1, 0.15) is 0 Å². The Kier molecular flexibility index (Phi) is 3.81. The third-order valence-electron chi connectivity index (χ3n) is 1.61. The van der Waals surface area contributed by atoms with Crippen LogP contribution in [0.25, 0.3) is 0 Å². The van der Waals surface area contributed by atoms with Gasteiger partial charge in [-0.1, -0.05) is 0 Å². The lowest BCUT2D eigenvalue weighted by Gasteiger charge is -2.05. The predicted molar refractivity (Wildman–Crippen MR) is 47.4 cm³/mol. The molecule has 0 unspecified atom stereocenters. The van der Waals surface area contributed by atoms with Gasteiger partial charge in [0.05, 0.1) is 13.0 Å². The summed E-state index contributed by atoms with van der Waals surface area (Å²) in [5.74, 6) is -1.74. The average molecular weight is 234 g/mol. The summed E-state index contributed by atoms with van der Waals surface area (Å²) in [5, 5.41) is 0. The highest BCUT2D eigenvalue weighted by Crippen LogP contribution is 2.25. The first kappa shape index (κ1) is 12.4. The third-order valence-corrected chi connectivity index (χ3v) is 1.61. The van der Waals surface area contributed by atoms with E-state index in [1.165, 1.54) is 0 Å². The van der Waals surface area contributed by atoms with Crippen LogP contribution in [0, 0.1) is 0 Å². The number of alkyl halides is 3. The molecule has 7 heteroatoms. The molecule has 0 bridgehead atoms. The molecule has 4 nitrogen and oxygen atoms in total. The number of esters is 1. The Labute approximate surface area is 89.5 Å². The van der Waals surface area contributed by atoms with Gasteiger partial charge in [-0.25, -0.2) is 9.97 Å². The average Bonchev–Trinajstić information content (AvgIpc) is 2.17. The quantitative estimate of drug-likeness (QED) is 0.745. The Hall–Kier alpha value is -1.66. The molecule has 1 rings (SSSR count). The minimum atomic E-state index is -4.57. The summed E-state index contributed by atoms with van der Waals surface area (Å²) in [5.41, 5.74) is 0.284. The van der Waals surface area contributed by atoms with Crippen LogP contribution in [0.1, 0.15) is 18.3 Å². The Balaban J connectivity index is 2.69. The summed E-state index contributed by atoms with van der Waals surface area (Å²) in [7, 11) is 0. The molecule has 0 fully saturated rings. The third kappa shape index (κ3) is 3.48. The fourth-order valence-electron chi connectivity index (χ4n) is 0.971. The van der Waals surface area contributed by atoms with Crippen molar-refractivity contribution in [3.63, 3.8) is 0 Å². The molecule has 0 aromatic carbocycles. The van der Waals surface area contributed by atoms with Crippen LogP contribution in [-0.4, -0.2) is 22.5 Å². The highest BCUT2D eigenvalue weighted by Gasteiger charge is 2.34. The van der Waals surface area contributed by atoms with Crippen molar-refractivity contribution in [2.45, 2.75) is 19.5 Å². The van der Waals surface area contributed by atoms with E-state index in [0.717, 1.165) is 12.4 Å². The van der Waals surface area contributed by atoms with Crippen LogP contribution in [0.15, 0.2) is 12.4 Å². The molecule has 0 atom stereocenters. The zero-order chi connectivity index (χ0) is 12.2. The number of carbonyl (C=O) groups excluding carboxylic acids is 1. The Morgan fingerprint density at radius 2 is 1.94 bits per heavy atom. The number of carbonyl (C=O) groups is 1. The highest BCUT2D eigenvalue weighted by molar-refractivity contribution is 5.72. The number of nitrogens with zero attached hydrogens (tertiary/aromatic N) is 2. The zero-order valence-corrected chi connectivity index (χ0v) is 8.41. The molecule has 1 aromatic rings. The largest absolute Gasteiger partial charge is 0.466 e. The molecule has 0 spiro atoms. The number of halogens is 3. The lowest BCUT2D eigenvalue weighted by Crippen LogP contribution is -2.12. The van der Waals surface area contributed by atoms with Gasteiger partial charge in [-0.15, -0.1) is 0 Å². The van der Waals surface area contributed by atoms with E-state index in [1.807, 2.05) is 0 Å². The van der Waals surface area contributed by atoms with Gasteiger partial charge >= 0.3 is 12.1 Å². The topological polar surface area (TPSA) is 52.1 Å². The van der Waals surface area contributed by atoms with Gasteiger partial charge in [-0.2, -0.15) is 13.2 Å². The number of aromatic nitrogens is 2. The minimum absolute atomic E-state index is 0.133. The lowest BCUT2D eigenvalue weighted by molar-refractivity contribution is -0.145. The van der Waals surface area contributed by atoms with Crippen LogP contribution in [0.3, 0.4) is 0 Å². The zero-order valence-electron chi connectivity index (χ0n) is 8.41. The van der Waals surface area contributed by atoms with E-state index in [2.05, 4.69) is 14.7 Å². The molecule has 0 saturated carbocycles. The first-order valence-electron chi connectivity index (χ1n) is 4.47. The Bertz CT molecular complexity index is 362. The Morgan fingerprint density at radius 3 is 2.38 bits per heavy atom. The molecular formula is C9H9F3N2O2. The molecule has 0 N–H and O–H groups in total. The molecule has 0 aliphatic rings. The van der Waals surface area contributed by atoms with Gasteiger partial charge < -0.3 is 4.74 Å². The van der Waals surface area contributed by atoms with E-state index in [0.29, 0.717) is 0 Å². The van der Waals surface area contributed by atoms with Gasteiger partial charge in [0.25, 0.3) is 0 Å². The maximum Gasteiger partial charge on any atom is 0.451 e. The van der Waals surface area contributed by atoms with Crippen LogP contribution >= 0.6 is 0 Å². The first-order valence-corrected chi connectivity index (χ1v) is 4.47. The maximum absolute atomic E-state index is 12.1. The normalized spacial score (nSPS) is 11.2. The van der Waals surface area contributed by atoms with Crippen molar-refractivity contribution in [2.24, 2.45) is 0 Å². The smallest absolute Gasteiger partial charge is 0.451 e. The molecule has 0 saturated heterocycles. The van der Waals surface area contributed by atoms with E-state index in [-0.39, 0.29) is 18.6 Å². The second kappa shape index (κ2) is 4.91. The van der Waals surface area contributed by atoms with Crippen LogP contribution in [0.4, 0.5) is 13.2 Å². The van der Waals surface area contributed by atoms with Crippen molar-refractivity contribution in [1.29, 1.82) is 0 Å². The van der Waals surface area contributed by atoms with Crippen molar-refractivity contribution < 1.29 is 22.7 Å². The summed E-state index contributed by atoms with van der Waals surface area (Å²) in [6.07, 6.45) is -2.77. The van der Waals surface area contributed by atoms with Gasteiger partial charge in [0.2, 0.25) is 5.82 Å². The van der Waals surface area contributed by atoms with Crippen LogP contribution in [0.5, 0.6) is 0 Å². The summed E-state index contributed by atoms with van der Waals surface area (Å²) in [4.78, 5) is 17.2. The van der Waals surface area contributed by atoms with E-state index in [1.54, 1.807) is 6.92 Å². The van der Waals surface area contributed by atoms with Crippen LogP contribution in [-0.2, 0) is 22.1 Å². The molecule has 0 amide bonds. The monoisotopic (exact) mass is 234 g/mol. The SMILES string of the molecule is CCOC(=O)Cc1cnc(C(F)(F)F)nc1. The van der Waals surface area contributed by atoms with Crippen LogP contribution in [0.2, 0.25) is 0 Å². The molecule has 0 aliphatic heterocycles. The molecule has 88 valence electrons. The molecule has 0 aliphatic carbocycles. The summed E-state index contributed by atoms with van der Waals surface area (Å²) < 4.78 is 40.9. The van der Waals surface area contributed by atoms with Crippen molar-refractivity contribution in [3.05, 3.63) is 23.8 Å². The van der Waals surface area contributed by atoms with Crippen molar-refractivity contribution in [2.75, 3.05) is 6.61 Å². The van der Waals surface area contributed by atoms with E-state index in [9.17, 15) is 18.0 Å². The van der Waals surface area contributed by atoms with Gasteiger partial charge in [-0.3, -0.25) is 4.79 Å². The second-order valence-corrected chi connectivity index (χ2v) is 2.89. The lowest BCUT2D eigenvalue weighted by atomic mass is 10.2. The standard InChI is InChI=1S/C9H9F3N2O2/c1-2-16-7(15)3-6-4-13-8(14-5-6)9(10,11)12/h4-5H,2-3H2,1H3. The summed E-state index contributed by atoms with van der Waals surface area (Å²) in [6.45, 7) is 1.86. The summed E-state index contributed by atoms with van der Waals surface area (Å²) >= 11 is 0. The molecule has 0 radical (unpaired) electrons. The number of ether oxygens (including phenoxy) is 1. The van der Waals surface area contributed by atoms with E-state index >= 15 is 0 Å². The Morgan fingerprint density at radius 1 is 1.38 bits per heavy atom. The second-order valence-electron chi connectivity index (χ2n) is 2.89. The fraction of sp³-hybridized carbons (Fsp3) is 0.444. The maximum atomic E-state index is 12.1. The predicted octanol–water partition coefficient (Wildman–Crippen LogP) is 1.60. The molecule has 16 heavy (non-hydrogen) atoms. The molecule has 1 heterocycles. The molecular weight excluding hydrogens is 225 g/mol. The van der Waals surface area contributed by atoms with Gasteiger partial charge in [0.15, 0.2) is 0 Å². The van der Waals surface area contributed by atoms with Crippen molar-refractivity contribution >= 4 is 5.97 Å². The molecule has 1 aromatic heterocycles. The number of hydrogen-bond acceptors (Lipinski definition) is 4. The number of rotatable bonds is 3. The fourth-order valence-corrected chi connectivity index (χ4v) is 0.971. The van der Waals surface area contributed by atoms with E-state index in [4.69, 9.17) is 0 Å².